The second-order valence-corrected chi connectivity index (χ2v) is 10.4. The number of nitrogens with zero attached hydrogens (tertiary/aromatic N) is 5. The van der Waals surface area contributed by atoms with Crippen molar-refractivity contribution in [3.05, 3.63) is 48.2 Å². The average molecular weight is 474 g/mol. The van der Waals surface area contributed by atoms with E-state index in [2.05, 4.69) is 34.1 Å². The second kappa shape index (κ2) is 9.97. The molecule has 0 spiro atoms. The van der Waals surface area contributed by atoms with Crippen LogP contribution in [-0.4, -0.2) is 58.9 Å². The summed E-state index contributed by atoms with van der Waals surface area (Å²) in [5.74, 6) is 3.44. The van der Waals surface area contributed by atoms with Gasteiger partial charge in [-0.1, -0.05) is 37.5 Å². The molecule has 2 saturated heterocycles. The van der Waals surface area contributed by atoms with Gasteiger partial charge in [0, 0.05) is 36.8 Å². The van der Waals surface area contributed by atoms with Gasteiger partial charge in [-0.25, -0.2) is 9.97 Å². The van der Waals surface area contributed by atoms with Crippen LogP contribution < -0.4 is 14.5 Å². The van der Waals surface area contributed by atoms with E-state index in [0.717, 1.165) is 62.2 Å². The highest BCUT2D eigenvalue weighted by Crippen LogP contribution is 2.38. The molecule has 3 fully saturated rings. The standard InChI is InChI=1S/C28H35N5O2/c34-19-20-12-14-32(15-13-20)28-29-16-24(21-6-2-1-3-7-21)27(31-28)35-23-17-33(18-23)26-11-10-22-8-4-5-9-25(22)30-26/h4-5,8-11,16,20-21,23,34H,1-3,6-7,12-15,17-19H2. The lowest BCUT2D eigenvalue weighted by Gasteiger charge is -2.40. The third kappa shape index (κ3) is 4.79. The molecule has 7 nitrogen and oxygen atoms in total. The number of pyridine rings is 1. The smallest absolute Gasteiger partial charge is 0.228 e. The van der Waals surface area contributed by atoms with Gasteiger partial charge in [-0.3, -0.25) is 0 Å². The number of para-hydroxylation sites is 1. The number of aromatic nitrogens is 3. The molecule has 1 N–H and O–H groups in total. The molecule has 0 radical (unpaired) electrons. The maximum atomic E-state index is 9.48. The lowest BCUT2D eigenvalue weighted by Crippen LogP contribution is -2.54. The Hall–Kier alpha value is -2.93. The first-order valence-electron chi connectivity index (χ1n) is 13.3. The Morgan fingerprint density at radius 2 is 1.69 bits per heavy atom. The highest BCUT2D eigenvalue weighted by Gasteiger charge is 2.32. The van der Waals surface area contributed by atoms with E-state index in [0.29, 0.717) is 11.8 Å². The number of piperidine rings is 1. The Balaban J connectivity index is 1.18. The minimum atomic E-state index is 0.105. The van der Waals surface area contributed by atoms with Gasteiger partial charge in [-0.15, -0.1) is 0 Å². The Labute approximate surface area is 207 Å². The molecule has 2 aromatic heterocycles. The molecule has 1 aliphatic carbocycles. The van der Waals surface area contributed by atoms with Crippen molar-refractivity contribution >= 4 is 22.7 Å². The maximum absolute atomic E-state index is 9.48. The lowest BCUT2D eigenvalue weighted by atomic mass is 9.85. The normalized spacial score (nSPS) is 20.3. The summed E-state index contributed by atoms with van der Waals surface area (Å²) < 4.78 is 6.56. The van der Waals surface area contributed by atoms with Crippen molar-refractivity contribution in [3.63, 3.8) is 0 Å². The van der Waals surface area contributed by atoms with E-state index < -0.39 is 0 Å². The lowest BCUT2D eigenvalue weighted by molar-refractivity contribution is 0.156. The molecule has 4 heterocycles. The molecular formula is C28H35N5O2. The zero-order valence-electron chi connectivity index (χ0n) is 20.4. The number of fused-ring (bicyclic) bond motifs is 1. The summed E-state index contributed by atoms with van der Waals surface area (Å²) in [5.41, 5.74) is 2.21. The highest BCUT2D eigenvalue weighted by atomic mass is 16.5. The van der Waals surface area contributed by atoms with E-state index in [-0.39, 0.29) is 12.7 Å². The molecule has 35 heavy (non-hydrogen) atoms. The predicted molar refractivity (Wildman–Crippen MR) is 138 cm³/mol. The van der Waals surface area contributed by atoms with Crippen LogP contribution in [-0.2, 0) is 0 Å². The van der Waals surface area contributed by atoms with E-state index in [4.69, 9.17) is 19.7 Å². The van der Waals surface area contributed by atoms with Gasteiger partial charge >= 0.3 is 0 Å². The Morgan fingerprint density at radius 1 is 0.886 bits per heavy atom. The van der Waals surface area contributed by atoms with Gasteiger partial charge in [0.2, 0.25) is 11.8 Å². The van der Waals surface area contributed by atoms with Gasteiger partial charge in [-0.2, -0.15) is 4.98 Å². The molecule has 3 aliphatic rings. The molecule has 7 heteroatoms. The monoisotopic (exact) mass is 473 g/mol. The van der Waals surface area contributed by atoms with Gasteiger partial charge in [0.15, 0.2) is 0 Å². The first-order valence-corrected chi connectivity index (χ1v) is 13.3. The fourth-order valence-corrected chi connectivity index (χ4v) is 5.71. The summed E-state index contributed by atoms with van der Waals surface area (Å²) in [7, 11) is 0. The number of hydrogen-bond acceptors (Lipinski definition) is 7. The van der Waals surface area contributed by atoms with E-state index in [1.165, 1.54) is 43.1 Å². The van der Waals surface area contributed by atoms with Gasteiger partial charge < -0.3 is 19.6 Å². The quantitative estimate of drug-likeness (QED) is 0.563. The van der Waals surface area contributed by atoms with Crippen molar-refractivity contribution in [1.29, 1.82) is 0 Å². The van der Waals surface area contributed by atoms with Crippen LogP contribution in [0.4, 0.5) is 11.8 Å². The van der Waals surface area contributed by atoms with E-state index >= 15 is 0 Å². The Morgan fingerprint density at radius 3 is 2.49 bits per heavy atom. The fourth-order valence-electron chi connectivity index (χ4n) is 5.71. The topological polar surface area (TPSA) is 74.6 Å². The van der Waals surface area contributed by atoms with Crippen LogP contribution in [0.5, 0.6) is 5.88 Å². The van der Waals surface area contributed by atoms with Crippen molar-refractivity contribution in [1.82, 2.24) is 15.0 Å². The second-order valence-electron chi connectivity index (χ2n) is 10.4. The molecule has 0 unspecified atom stereocenters. The number of aliphatic hydroxyl groups is 1. The fraction of sp³-hybridized carbons (Fsp3) is 0.536. The van der Waals surface area contributed by atoms with Crippen molar-refractivity contribution in [2.75, 3.05) is 42.6 Å². The van der Waals surface area contributed by atoms with Crippen LogP contribution in [0, 0.1) is 5.92 Å². The number of benzene rings is 1. The zero-order chi connectivity index (χ0) is 23.6. The number of rotatable bonds is 6. The summed E-state index contributed by atoms with van der Waals surface area (Å²) in [6.07, 6.45) is 10.4. The van der Waals surface area contributed by atoms with E-state index in [1.54, 1.807) is 0 Å². The first kappa shape index (κ1) is 22.5. The molecule has 0 bridgehead atoms. The largest absolute Gasteiger partial charge is 0.470 e. The van der Waals surface area contributed by atoms with Crippen molar-refractivity contribution in [2.24, 2.45) is 5.92 Å². The van der Waals surface area contributed by atoms with Gasteiger partial charge in [0.05, 0.1) is 18.6 Å². The molecule has 2 aliphatic heterocycles. The van der Waals surface area contributed by atoms with Crippen LogP contribution in [0.25, 0.3) is 10.9 Å². The van der Waals surface area contributed by atoms with Crippen molar-refractivity contribution in [3.8, 4) is 5.88 Å². The van der Waals surface area contributed by atoms with Crippen LogP contribution in [0.1, 0.15) is 56.4 Å². The Kier molecular flexibility index (Phi) is 6.42. The summed E-state index contributed by atoms with van der Waals surface area (Å²) in [4.78, 5) is 19.1. The van der Waals surface area contributed by atoms with Gasteiger partial charge in [0.25, 0.3) is 0 Å². The number of hydrogen-bond donors (Lipinski definition) is 1. The third-order valence-corrected chi connectivity index (χ3v) is 8.00. The van der Waals surface area contributed by atoms with E-state index in [9.17, 15) is 5.11 Å². The van der Waals surface area contributed by atoms with Crippen molar-refractivity contribution < 1.29 is 9.84 Å². The first-order chi connectivity index (χ1) is 17.3. The Bertz CT molecular complexity index is 1150. The molecule has 0 amide bonds. The molecule has 184 valence electrons. The van der Waals surface area contributed by atoms with Crippen LogP contribution in [0.2, 0.25) is 0 Å². The molecular weight excluding hydrogens is 438 g/mol. The molecule has 3 aromatic rings. The minimum absolute atomic E-state index is 0.105. The summed E-state index contributed by atoms with van der Waals surface area (Å²) in [6, 6.07) is 12.5. The number of aliphatic hydroxyl groups excluding tert-OH is 1. The van der Waals surface area contributed by atoms with Crippen molar-refractivity contribution in [2.45, 2.75) is 57.0 Å². The van der Waals surface area contributed by atoms with Crippen LogP contribution in [0.3, 0.4) is 0 Å². The molecule has 1 aromatic carbocycles. The average Bonchev–Trinajstić information content (AvgIpc) is 2.90. The number of ether oxygens (including phenoxy) is 1. The van der Waals surface area contributed by atoms with Gasteiger partial charge in [0.1, 0.15) is 11.9 Å². The molecule has 1 saturated carbocycles. The zero-order valence-corrected chi connectivity index (χ0v) is 20.4. The predicted octanol–water partition coefficient (Wildman–Crippen LogP) is 4.55. The minimum Gasteiger partial charge on any atom is -0.470 e. The SMILES string of the molecule is OCC1CCN(c2ncc(C3CCCCC3)c(OC3CN(c4ccc5ccccc5n4)C3)n2)CC1. The van der Waals surface area contributed by atoms with Crippen LogP contribution >= 0.6 is 0 Å². The van der Waals surface area contributed by atoms with E-state index in [1.807, 2.05) is 18.3 Å². The highest BCUT2D eigenvalue weighted by molar-refractivity contribution is 5.80. The van der Waals surface area contributed by atoms with Gasteiger partial charge in [-0.05, 0) is 55.7 Å². The summed E-state index contributed by atoms with van der Waals surface area (Å²) >= 11 is 0. The summed E-state index contributed by atoms with van der Waals surface area (Å²) in [5, 5.41) is 10.6. The number of anilines is 2. The maximum Gasteiger partial charge on any atom is 0.228 e. The molecule has 0 atom stereocenters. The molecule has 6 rings (SSSR count). The van der Waals surface area contributed by atoms with Crippen LogP contribution in [0.15, 0.2) is 42.6 Å². The third-order valence-electron chi connectivity index (χ3n) is 8.00. The summed E-state index contributed by atoms with van der Waals surface area (Å²) in [6.45, 7) is 3.68.